The van der Waals surface area contributed by atoms with Crippen LogP contribution in [0, 0.1) is 0 Å². The largest absolute Gasteiger partial charge is 0.506 e. The van der Waals surface area contributed by atoms with Crippen LogP contribution in [0.2, 0.25) is 0 Å². The third kappa shape index (κ3) is 3.29. The van der Waals surface area contributed by atoms with Crippen molar-refractivity contribution in [3.8, 4) is 5.75 Å². The number of phenols is 1. The molecular weight excluding hydrogens is 280 g/mol. The van der Waals surface area contributed by atoms with E-state index in [0.717, 1.165) is 25.5 Å². The number of amides is 1. The molecule has 1 aliphatic rings. The molecule has 0 atom stereocenters. The van der Waals surface area contributed by atoms with E-state index in [9.17, 15) is 18.3 Å². The first-order valence-electron chi connectivity index (χ1n) is 6.31. The van der Waals surface area contributed by atoms with Gasteiger partial charge in [0.15, 0.2) is 9.84 Å². The van der Waals surface area contributed by atoms with Crippen molar-refractivity contribution >= 4 is 21.4 Å². The van der Waals surface area contributed by atoms with Crippen LogP contribution in [0.25, 0.3) is 0 Å². The van der Waals surface area contributed by atoms with Gasteiger partial charge in [-0.25, -0.2) is 8.42 Å². The highest BCUT2D eigenvalue weighted by molar-refractivity contribution is 7.90. The van der Waals surface area contributed by atoms with Gasteiger partial charge in [0.1, 0.15) is 5.75 Å². The van der Waals surface area contributed by atoms with Crippen molar-refractivity contribution in [1.82, 2.24) is 0 Å². The second kappa shape index (κ2) is 5.06. The van der Waals surface area contributed by atoms with E-state index < -0.39 is 15.4 Å². The number of sulfone groups is 1. The fourth-order valence-corrected chi connectivity index (χ4v) is 2.81. The number of anilines is 1. The molecule has 0 aliphatic heterocycles. The van der Waals surface area contributed by atoms with Crippen LogP contribution in [0.3, 0.4) is 0 Å². The van der Waals surface area contributed by atoms with Crippen LogP contribution >= 0.6 is 0 Å². The van der Waals surface area contributed by atoms with Crippen LogP contribution in [0.4, 0.5) is 5.69 Å². The summed E-state index contributed by atoms with van der Waals surface area (Å²) < 4.78 is 22.9. The number of benzene rings is 1. The van der Waals surface area contributed by atoms with E-state index in [2.05, 4.69) is 5.32 Å². The monoisotopic (exact) mass is 298 g/mol. The molecule has 4 N–H and O–H groups in total. The van der Waals surface area contributed by atoms with Gasteiger partial charge in [0.2, 0.25) is 5.91 Å². The summed E-state index contributed by atoms with van der Waals surface area (Å²) in [6, 6.07) is 3.77. The molecule has 0 unspecified atom stereocenters. The van der Waals surface area contributed by atoms with Gasteiger partial charge in [0.25, 0.3) is 0 Å². The van der Waals surface area contributed by atoms with Crippen LogP contribution < -0.4 is 11.1 Å². The predicted octanol–water partition coefficient (Wildman–Crippen LogP) is 1.01. The van der Waals surface area contributed by atoms with Crippen LogP contribution in [0.15, 0.2) is 23.1 Å². The fourth-order valence-electron chi connectivity index (χ4n) is 2.17. The molecule has 1 aliphatic carbocycles. The van der Waals surface area contributed by atoms with E-state index in [4.69, 9.17) is 5.73 Å². The van der Waals surface area contributed by atoms with Gasteiger partial charge in [-0.3, -0.25) is 4.79 Å². The Morgan fingerprint density at radius 1 is 1.45 bits per heavy atom. The second-order valence-electron chi connectivity index (χ2n) is 5.39. The summed E-state index contributed by atoms with van der Waals surface area (Å²) >= 11 is 0. The normalized spacial score (nSPS) is 17.3. The lowest BCUT2D eigenvalue weighted by molar-refractivity contribution is -0.118. The van der Waals surface area contributed by atoms with Crippen molar-refractivity contribution in [1.29, 1.82) is 0 Å². The maximum Gasteiger partial charge on any atom is 0.226 e. The number of hydrogen-bond donors (Lipinski definition) is 3. The molecular formula is C13H18N2O4S. The number of nitrogens with one attached hydrogen (secondary N) is 1. The van der Waals surface area contributed by atoms with Gasteiger partial charge < -0.3 is 16.2 Å². The Morgan fingerprint density at radius 2 is 2.10 bits per heavy atom. The van der Waals surface area contributed by atoms with Gasteiger partial charge in [0.05, 0.1) is 10.6 Å². The van der Waals surface area contributed by atoms with Crippen molar-refractivity contribution in [2.24, 2.45) is 5.73 Å². The second-order valence-corrected chi connectivity index (χ2v) is 7.41. The molecule has 1 saturated carbocycles. The Balaban J connectivity index is 2.14. The number of rotatable bonds is 4. The summed E-state index contributed by atoms with van der Waals surface area (Å²) in [5.74, 6) is -0.501. The maximum absolute atomic E-state index is 11.9. The molecule has 1 aromatic rings. The average Bonchev–Trinajstić information content (AvgIpc) is 2.28. The average molecular weight is 298 g/mol. The third-order valence-corrected chi connectivity index (χ3v) is 4.64. The summed E-state index contributed by atoms with van der Waals surface area (Å²) in [5.41, 5.74) is 5.60. The van der Waals surface area contributed by atoms with Crippen LogP contribution in [-0.4, -0.2) is 31.2 Å². The van der Waals surface area contributed by atoms with Crippen LogP contribution in [0.1, 0.15) is 25.7 Å². The SMILES string of the molecule is CS(=O)(=O)c1ccc(O)c(NC(=O)CC2(N)CCC2)c1. The number of carbonyl (C=O) groups is 1. The Morgan fingerprint density at radius 3 is 2.60 bits per heavy atom. The quantitative estimate of drug-likeness (QED) is 0.719. The molecule has 0 spiro atoms. The van der Waals surface area contributed by atoms with Gasteiger partial charge in [-0.2, -0.15) is 0 Å². The molecule has 0 saturated heterocycles. The summed E-state index contributed by atoms with van der Waals surface area (Å²) in [6.45, 7) is 0. The lowest BCUT2D eigenvalue weighted by Gasteiger charge is -2.37. The lowest BCUT2D eigenvalue weighted by atomic mass is 9.75. The van der Waals surface area contributed by atoms with E-state index >= 15 is 0 Å². The number of carbonyl (C=O) groups excluding carboxylic acids is 1. The standard InChI is InChI=1S/C13H18N2O4S/c1-20(18,19)9-3-4-11(16)10(7-9)15-12(17)8-13(14)5-2-6-13/h3-4,7,16H,2,5-6,8,14H2,1H3,(H,15,17). The molecule has 0 aromatic heterocycles. The minimum Gasteiger partial charge on any atom is -0.506 e. The van der Waals surface area contributed by atoms with Crippen molar-refractivity contribution < 1.29 is 18.3 Å². The van der Waals surface area contributed by atoms with Gasteiger partial charge in [0, 0.05) is 18.2 Å². The van der Waals surface area contributed by atoms with Gasteiger partial charge in [-0.1, -0.05) is 0 Å². The minimum absolute atomic E-state index is 0.0386. The highest BCUT2D eigenvalue weighted by Gasteiger charge is 2.34. The summed E-state index contributed by atoms with van der Waals surface area (Å²) in [6.07, 6.45) is 3.84. The molecule has 1 aromatic carbocycles. The van der Waals surface area contributed by atoms with Gasteiger partial charge >= 0.3 is 0 Å². The zero-order valence-electron chi connectivity index (χ0n) is 11.2. The smallest absolute Gasteiger partial charge is 0.226 e. The molecule has 6 nitrogen and oxygen atoms in total. The van der Waals surface area contributed by atoms with Crippen molar-refractivity contribution in [2.45, 2.75) is 36.1 Å². The number of nitrogens with two attached hydrogens (primary N) is 1. The maximum atomic E-state index is 11.9. The van der Waals surface area contributed by atoms with Gasteiger partial charge in [-0.15, -0.1) is 0 Å². The van der Waals surface area contributed by atoms with Crippen molar-refractivity contribution in [2.75, 3.05) is 11.6 Å². The van der Waals surface area contributed by atoms with E-state index in [1.165, 1.54) is 18.2 Å². The topological polar surface area (TPSA) is 109 Å². The molecule has 0 bridgehead atoms. The number of phenolic OH excluding ortho intramolecular Hbond substituents is 1. The summed E-state index contributed by atoms with van der Waals surface area (Å²) in [7, 11) is -3.39. The highest BCUT2D eigenvalue weighted by atomic mass is 32.2. The lowest BCUT2D eigenvalue weighted by Crippen LogP contribution is -2.48. The number of aromatic hydroxyl groups is 1. The first kappa shape index (κ1) is 14.8. The van der Waals surface area contributed by atoms with Crippen molar-refractivity contribution in [3.63, 3.8) is 0 Å². The molecule has 1 amide bonds. The Bertz CT molecular complexity index is 636. The third-order valence-electron chi connectivity index (χ3n) is 3.53. The molecule has 1 fully saturated rings. The van der Waals surface area contributed by atoms with Gasteiger partial charge in [-0.05, 0) is 37.5 Å². The Labute approximate surface area is 117 Å². The molecule has 2 rings (SSSR count). The molecule has 7 heteroatoms. The first-order chi connectivity index (χ1) is 9.20. The predicted molar refractivity (Wildman–Crippen MR) is 75.2 cm³/mol. The highest BCUT2D eigenvalue weighted by Crippen LogP contribution is 2.33. The van der Waals surface area contributed by atoms with Crippen LogP contribution in [-0.2, 0) is 14.6 Å². The van der Waals surface area contributed by atoms with Crippen LogP contribution in [0.5, 0.6) is 5.75 Å². The molecule has 20 heavy (non-hydrogen) atoms. The number of hydrogen-bond acceptors (Lipinski definition) is 5. The molecule has 0 heterocycles. The fraction of sp³-hybridized carbons (Fsp3) is 0.462. The van der Waals surface area contributed by atoms with E-state index in [0.29, 0.717) is 0 Å². The van der Waals surface area contributed by atoms with E-state index in [1.54, 1.807) is 0 Å². The Hall–Kier alpha value is -1.60. The molecule has 110 valence electrons. The van der Waals surface area contributed by atoms with E-state index in [-0.39, 0.29) is 28.7 Å². The minimum atomic E-state index is -3.39. The van der Waals surface area contributed by atoms with Crippen molar-refractivity contribution in [3.05, 3.63) is 18.2 Å². The van der Waals surface area contributed by atoms with E-state index in [1.807, 2.05) is 0 Å². The first-order valence-corrected chi connectivity index (χ1v) is 8.21. The summed E-state index contributed by atoms with van der Waals surface area (Å²) in [4.78, 5) is 11.9. The molecule has 0 radical (unpaired) electrons. The zero-order valence-corrected chi connectivity index (χ0v) is 12.0. The summed E-state index contributed by atoms with van der Waals surface area (Å²) in [5, 5.41) is 12.2. The zero-order chi connectivity index (χ0) is 15.0. The Kier molecular flexibility index (Phi) is 3.75.